The number of benzene rings is 2. The molecule has 0 radical (unpaired) electrons. The van der Waals surface area contributed by atoms with Crippen molar-refractivity contribution in [3.8, 4) is 0 Å². The number of hydrogen-bond acceptors (Lipinski definition) is 3. The van der Waals surface area contributed by atoms with Gasteiger partial charge in [-0.25, -0.2) is 4.98 Å². The molecule has 1 fully saturated rings. The summed E-state index contributed by atoms with van der Waals surface area (Å²) in [4.78, 5) is 19.5. The van der Waals surface area contributed by atoms with Crippen LogP contribution in [-0.4, -0.2) is 30.0 Å². The second-order valence-corrected chi connectivity index (χ2v) is 8.67. The van der Waals surface area contributed by atoms with Crippen LogP contribution in [0.15, 0.2) is 42.6 Å². The van der Waals surface area contributed by atoms with Gasteiger partial charge in [-0.15, -0.1) is 0 Å². The molecule has 0 bridgehead atoms. The Morgan fingerprint density at radius 3 is 2.34 bits per heavy atom. The Balaban J connectivity index is 1.45. The number of amides is 1. The Morgan fingerprint density at radius 2 is 1.66 bits per heavy atom. The fourth-order valence-corrected chi connectivity index (χ4v) is 4.81. The van der Waals surface area contributed by atoms with Gasteiger partial charge in [0.1, 0.15) is 5.82 Å². The first-order valence-corrected chi connectivity index (χ1v) is 10.7. The average molecular weight is 469 g/mol. The maximum absolute atomic E-state index is 12.7. The highest BCUT2D eigenvalue weighted by Crippen LogP contribution is 2.31. The quantitative estimate of drug-likeness (QED) is 0.494. The summed E-state index contributed by atoms with van der Waals surface area (Å²) in [7, 11) is 0. The minimum absolute atomic E-state index is 0.0333. The number of hydrogen-bond donors (Lipinski definition) is 1. The predicted molar refractivity (Wildman–Crippen MR) is 121 cm³/mol. The maximum atomic E-state index is 12.7. The Hall–Kier alpha value is -1.72. The number of carbonyl (C=O) groups excluding carboxylic acids is 1. The van der Waals surface area contributed by atoms with E-state index in [1.54, 1.807) is 6.20 Å². The van der Waals surface area contributed by atoms with E-state index < -0.39 is 0 Å². The molecule has 0 saturated carbocycles. The zero-order valence-corrected chi connectivity index (χ0v) is 18.3. The number of halogens is 4. The van der Waals surface area contributed by atoms with Gasteiger partial charge in [0.15, 0.2) is 0 Å². The standard InChI is InChI=1S/C21H17Cl4N3O/c22-13-1-2-16-12(9-13)3-6-26-20(16)28-7-4-15(5-8-28)27-21(29)19-17(24)10-14(23)11-18(19)25/h1-3,6,9-11,15H,4-5,7-8H2,(H,27,29). The van der Waals surface area contributed by atoms with E-state index in [1.807, 2.05) is 24.3 Å². The molecule has 2 aromatic carbocycles. The van der Waals surface area contributed by atoms with Crippen LogP contribution in [0.3, 0.4) is 0 Å². The first kappa shape index (κ1) is 20.5. The summed E-state index contributed by atoms with van der Waals surface area (Å²) in [5, 5.41) is 6.76. The van der Waals surface area contributed by atoms with E-state index in [0.717, 1.165) is 42.5 Å². The second-order valence-electron chi connectivity index (χ2n) is 6.98. The van der Waals surface area contributed by atoms with Crippen LogP contribution in [0, 0.1) is 0 Å². The molecule has 4 rings (SSSR count). The van der Waals surface area contributed by atoms with E-state index in [-0.39, 0.29) is 27.6 Å². The molecule has 1 amide bonds. The third-order valence-electron chi connectivity index (χ3n) is 5.07. The number of aromatic nitrogens is 1. The Labute approximate surface area is 188 Å². The van der Waals surface area contributed by atoms with Gasteiger partial charge in [-0.2, -0.15) is 0 Å². The summed E-state index contributed by atoms with van der Waals surface area (Å²) in [6.07, 6.45) is 3.38. The van der Waals surface area contributed by atoms with Crippen molar-refractivity contribution in [3.05, 3.63) is 68.2 Å². The molecule has 150 valence electrons. The van der Waals surface area contributed by atoms with Crippen molar-refractivity contribution < 1.29 is 4.79 Å². The Bertz CT molecular complexity index is 1060. The largest absolute Gasteiger partial charge is 0.356 e. The number of fused-ring (bicyclic) bond motifs is 1. The van der Waals surface area contributed by atoms with Gasteiger partial charge in [0.2, 0.25) is 0 Å². The lowest BCUT2D eigenvalue weighted by Gasteiger charge is -2.33. The fraction of sp³-hybridized carbons (Fsp3) is 0.238. The van der Waals surface area contributed by atoms with Crippen molar-refractivity contribution in [2.24, 2.45) is 0 Å². The molecule has 0 atom stereocenters. The molecular formula is C21H17Cl4N3O. The van der Waals surface area contributed by atoms with E-state index >= 15 is 0 Å². The van der Waals surface area contributed by atoms with Crippen LogP contribution in [-0.2, 0) is 0 Å². The normalized spacial score (nSPS) is 15.0. The number of piperidine rings is 1. The minimum atomic E-state index is -0.284. The highest BCUT2D eigenvalue weighted by Gasteiger charge is 2.25. The van der Waals surface area contributed by atoms with Gasteiger partial charge >= 0.3 is 0 Å². The average Bonchev–Trinajstić information content (AvgIpc) is 2.67. The topological polar surface area (TPSA) is 45.2 Å². The molecular weight excluding hydrogens is 452 g/mol. The molecule has 1 saturated heterocycles. The molecule has 1 aliphatic rings. The van der Waals surface area contributed by atoms with Crippen LogP contribution in [0.4, 0.5) is 5.82 Å². The minimum Gasteiger partial charge on any atom is -0.356 e. The second kappa shape index (κ2) is 8.57. The summed E-state index contributed by atoms with van der Waals surface area (Å²) in [5.41, 5.74) is 0.257. The summed E-state index contributed by atoms with van der Waals surface area (Å²) in [6, 6.07) is 10.8. The zero-order chi connectivity index (χ0) is 20.5. The molecule has 3 aromatic rings. The van der Waals surface area contributed by atoms with Crippen LogP contribution < -0.4 is 10.2 Å². The summed E-state index contributed by atoms with van der Waals surface area (Å²) < 4.78 is 0. The first-order chi connectivity index (χ1) is 13.9. The maximum Gasteiger partial charge on any atom is 0.254 e. The Kier molecular flexibility index (Phi) is 6.07. The number of anilines is 1. The van der Waals surface area contributed by atoms with Crippen LogP contribution >= 0.6 is 46.4 Å². The zero-order valence-electron chi connectivity index (χ0n) is 15.3. The molecule has 1 aromatic heterocycles. The number of carbonyl (C=O) groups is 1. The summed E-state index contributed by atoms with van der Waals surface area (Å²) in [5.74, 6) is 0.653. The lowest BCUT2D eigenvalue weighted by Crippen LogP contribution is -2.45. The SMILES string of the molecule is O=C(NC1CCN(c2nccc3cc(Cl)ccc23)CC1)c1c(Cl)cc(Cl)cc1Cl. The summed E-state index contributed by atoms with van der Waals surface area (Å²) in [6.45, 7) is 1.56. The highest BCUT2D eigenvalue weighted by molar-refractivity contribution is 6.42. The van der Waals surface area contributed by atoms with E-state index in [2.05, 4.69) is 15.2 Å². The van der Waals surface area contributed by atoms with Gasteiger partial charge in [-0.05, 0) is 54.6 Å². The molecule has 4 nitrogen and oxygen atoms in total. The lowest BCUT2D eigenvalue weighted by atomic mass is 10.0. The lowest BCUT2D eigenvalue weighted by molar-refractivity contribution is 0.0931. The number of nitrogens with zero attached hydrogens (tertiary/aromatic N) is 2. The predicted octanol–water partition coefficient (Wildman–Crippen LogP) is 6.25. The van der Waals surface area contributed by atoms with Crippen molar-refractivity contribution in [2.45, 2.75) is 18.9 Å². The molecule has 0 spiro atoms. The molecule has 1 aliphatic heterocycles. The van der Waals surface area contributed by atoms with Gasteiger partial charge in [0.25, 0.3) is 5.91 Å². The van der Waals surface area contributed by atoms with Crippen molar-refractivity contribution in [3.63, 3.8) is 0 Å². The van der Waals surface area contributed by atoms with Gasteiger partial charge in [-0.3, -0.25) is 4.79 Å². The van der Waals surface area contributed by atoms with E-state index in [9.17, 15) is 4.79 Å². The first-order valence-electron chi connectivity index (χ1n) is 9.17. The van der Waals surface area contributed by atoms with Crippen LogP contribution in [0.2, 0.25) is 20.1 Å². The van der Waals surface area contributed by atoms with Crippen molar-refractivity contribution in [2.75, 3.05) is 18.0 Å². The van der Waals surface area contributed by atoms with Crippen LogP contribution in [0.1, 0.15) is 23.2 Å². The molecule has 0 unspecified atom stereocenters. The van der Waals surface area contributed by atoms with Crippen LogP contribution in [0.5, 0.6) is 0 Å². The van der Waals surface area contributed by atoms with Crippen molar-refractivity contribution in [1.82, 2.24) is 10.3 Å². The van der Waals surface area contributed by atoms with Gasteiger partial charge in [-0.1, -0.05) is 46.4 Å². The van der Waals surface area contributed by atoms with Crippen LogP contribution in [0.25, 0.3) is 10.8 Å². The smallest absolute Gasteiger partial charge is 0.254 e. The molecule has 8 heteroatoms. The van der Waals surface area contributed by atoms with E-state index in [4.69, 9.17) is 46.4 Å². The van der Waals surface area contributed by atoms with E-state index in [0.29, 0.717) is 10.0 Å². The molecule has 29 heavy (non-hydrogen) atoms. The molecule has 1 N–H and O–H groups in total. The monoisotopic (exact) mass is 467 g/mol. The Morgan fingerprint density at radius 1 is 0.966 bits per heavy atom. The third-order valence-corrected chi connectivity index (χ3v) is 6.12. The number of pyridine rings is 1. The molecule has 2 heterocycles. The van der Waals surface area contributed by atoms with Gasteiger partial charge in [0.05, 0.1) is 15.6 Å². The highest BCUT2D eigenvalue weighted by atomic mass is 35.5. The van der Waals surface area contributed by atoms with Crippen molar-refractivity contribution >= 4 is 68.9 Å². The fourth-order valence-electron chi connectivity index (χ4n) is 3.64. The summed E-state index contributed by atoms with van der Waals surface area (Å²) >= 11 is 24.4. The van der Waals surface area contributed by atoms with E-state index in [1.165, 1.54) is 12.1 Å². The van der Waals surface area contributed by atoms with Crippen molar-refractivity contribution in [1.29, 1.82) is 0 Å². The van der Waals surface area contributed by atoms with Gasteiger partial charge < -0.3 is 10.2 Å². The number of rotatable bonds is 3. The van der Waals surface area contributed by atoms with Gasteiger partial charge in [0, 0.05) is 40.8 Å². The third kappa shape index (κ3) is 4.41. The number of nitrogens with one attached hydrogen (secondary N) is 1. The molecule has 0 aliphatic carbocycles.